The molecule has 0 fully saturated rings. The molecule has 2 rings (SSSR count). The second kappa shape index (κ2) is 5.62. The Hall–Kier alpha value is -0.910. The lowest BCUT2D eigenvalue weighted by Gasteiger charge is -1.99. The second-order valence-corrected chi connectivity index (χ2v) is 5.58. The summed E-state index contributed by atoms with van der Waals surface area (Å²) >= 11 is 3.05. The quantitative estimate of drug-likeness (QED) is 0.860. The number of benzene rings is 1. The first kappa shape index (κ1) is 12.5. The zero-order valence-electron chi connectivity index (χ0n) is 9.26. The predicted molar refractivity (Wildman–Crippen MR) is 68.7 cm³/mol. The van der Waals surface area contributed by atoms with E-state index in [2.05, 4.69) is 4.98 Å². The summed E-state index contributed by atoms with van der Waals surface area (Å²) in [4.78, 5) is 5.19. The summed E-state index contributed by atoms with van der Waals surface area (Å²) in [6.07, 6.45) is -0.529. The predicted octanol–water partition coefficient (Wildman–Crippen LogP) is 3.63. The van der Waals surface area contributed by atoms with Crippen molar-refractivity contribution in [1.29, 1.82) is 0 Å². The molecule has 0 saturated heterocycles. The van der Waals surface area contributed by atoms with Gasteiger partial charge < -0.3 is 5.11 Å². The number of aromatic nitrogens is 1. The van der Waals surface area contributed by atoms with Crippen molar-refractivity contribution in [3.63, 3.8) is 0 Å². The van der Waals surface area contributed by atoms with Crippen LogP contribution in [-0.4, -0.2) is 10.1 Å². The van der Waals surface area contributed by atoms with E-state index in [1.54, 1.807) is 13.0 Å². The fourth-order valence-electron chi connectivity index (χ4n) is 1.29. The maximum atomic E-state index is 12.9. The highest BCUT2D eigenvalue weighted by Crippen LogP contribution is 2.26. The highest BCUT2D eigenvalue weighted by Gasteiger charge is 2.07. The minimum atomic E-state index is -0.529. The van der Waals surface area contributed by atoms with Crippen LogP contribution in [0.1, 0.15) is 23.7 Å². The lowest BCUT2D eigenvalue weighted by Crippen LogP contribution is -1.91. The number of nitrogens with zero attached hydrogens (tertiary/aromatic N) is 1. The number of thiazole rings is 1. The molecule has 1 aromatic heterocycles. The van der Waals surface area contributed by atoms with Gasteiger partial charge in [0.05, 0.1) is 17.6 Å². The molecule has 0 bridgehead atoms. The zero-order chi connectivity index (χ0) is 12.3. The van der Waals surface area contributed by atoms with Gasteiger partial charge in [0, 0.05) is 10.3 Å². The van der Waals surface area contributed by atoms with E-state index in [1.807, 2.05) is 11.4 Å². The average Bonchev–Trinajstić information content (AvgIpc) is 2.75. The van der Waals surface area contributed by atoms with Crippen molar-refractivity contribution in [3.8, 4) is 0 Å². The lowest BCUT2D eigenvalue weighted by molar-refractivity contribution is 0.195. The number of rotatable bonds is 4. The molecule has 0 spiro atoms. The molecule has 5 heteroatoms. The minimum absolute atomic E-state index is 0.223. The topological polar surface area (TPSA) is 33.1 Å². The molecule has 0 amide bonds. The number of hydrogen-bond acceptors (Lipinski definition) is 4. The van der Waals surface area contributed by atoms with Crippen LogP contribution < -0.4 is 0 Å². The first-order chi connectivity index (χ1) is 8.15. The molecule has 1 aromatic carbocycles. The second-order valence-electron chi connectivity index (χ2n) is 3.59. The van der Waals surface area contributed by atoms with E-state index in [-0.39, 0.29) is 5.82 Å². The number of thioether (sulfide) groups is 1. The van der Waals surface area contributed by atoms with Gasteiger partial charge in [-0.1, -0.05) is 6.07 Å². The summed E-state index contributed by atoms with van der Waals surface area (Å²) in [5.74, 6) is 0.472. The summed E-state index contributed by atoms with van der Waals surface area (Å²) in [6, 6.07) is 6.50. The molecule has 17 heavy (non-hydrogen) atoms. The van der Waals surface area contributed by atoms with Crippen molar-refractivity contribution in [3.05, 3.63) is 46.2 Å². The third-order valence-electron chi connectivity index (χ3n) is 2.16. The molecule has 1 N–H and O–H groups in total. The van der Waals surface area contributed by atoms with Gasteiger partial charge in [0.1, 0.15) is 10.8 Å². The van der Waals surface area contributed by atoms with Crippen LogP contribution in [0.4, 0.5) is 4.39 Å². The monoisotopic (exact) mass is 269 g/mol. The molecule has 90 valence electrons. The molecule has 1 atom stereocenters. The van der Waals surface area contributed by atoms with E-state index >= 15 is 0 Å². The van der Waals surface area contributed by atoms with Crippen LogP contribution in [0, 0.1) is 5.82 Å². The molecule has 2 nitrogen and oxygen atoms in total. The largest absolute Gasteiger partial charge is 0.387 e. The third kappa shape index (κ3) is 3.52. The van der Waals surface area contributed by atoms with Crippen molar-refractivity contribution < 1.29 is 9.50 Å². The van der Waals surface area contributed by atoms with Gasteiger partial charge in [-0.3, -0.25) is 0 Å². The number of halogens is 1. The van der Waals surface area contributed by atoms with E-state index in [0.29, 0.717) is 11.4 Å². The van der Waals surface area contributed by atoms with E-state index in [9.17, 15) is 9.50 Å². The number of hydrogen-bond donors (Lipinski definition) is 1. The van der Waals surface area contributed by atoms with Crippen LogP contribution in [0.25, 0.3) is 0 Å². The number of aliphatic hydroxyl groups excluding tert-OH is 1. The van der Waals surface area contributed by atoms with Crippen molar-refractivity contribution in [2.45, 2.75) is 23.7 Å². The maximum absolute atomic E-state index is 12.9. The smallest absolute Gasteiger partial charge is 0.124 e. The summed E-state index contributed by atoms with van der Waals surface area (Å²) in [6.45, 7) is 1.69. The van der Waals surface area contributed by atoms with Gasteiger partial charge in [0.25, 0.3) is 0 Å². The van der Waals surface area contributed by atoms with Gasteiger partial charge >= 0.3 is 0 Å². The van der Waals surface area contributed by atoms with Crippen molar-refractivity contribution >= 4 is 23.1 Å². The van der Waals surface area contributed by atoms with Crippen LogP contribution >= 0.6 is 23.1 Å². The molecule has 0 radical (unpaired) electrons. The first-order valence-electron chi connectivity index (χ1n) is 5.16. The van der Waals surface area contributed by atoms with Gasteiger partial charge in [-0.05, 0) is 25.1 Å². The Morgan fingerprint density at radius 2 is 2.35 bits per heavy atom. The van der Waals surface area contributed by atoms with E-state index in [4.69, 9.17) is 0 Å². The Bertz CT molecular complexity index is 499. The Kier molecular flexibility index (Phi) is 4.15. The third-order valence-corrected chi connectivity index (χ3v) is 4.21. The van der Waals surface area contributed by atoms with Crippen molar-refractivity contribution in [1.82, 2.24) is 4.98 Å². The van der Waals surface area contributed by atoms with Gasteiger partial charge in [-0.25, -0.2) is 9.37 Å². The average molecular weight is 269 g/mol. The molecule has 1 unspecified atom stereocenters. The van der Waals surface area contributed by atoms with E-state index in [0.717, 1.165) is 9.90 Å². The number of aliphatic hydroxyl groups is 1. The van der Waals surface area contributed by atoms with E-state index in [1.165, 1.54) is 35.2 Å². The first-order valence-corrected chi connectivity index (χ1v) is 7.02. The zero-order valence-corrected chi connectivity index (χ0v) is 10.9. The molecule has 1 heterocycles. The standard InChI is InChI=1S/C12H12FNOS2/c1-8(15)11-6-17-12(14-11)7-16-10-4-2-3-9(13)5-10/h2-6,8,15H,7H2,1H3. The van der Waals surface area contributed by atoms with Crippen LogP contribution in [0.5, 0.6) is 0 Å². The molecule has 0 aliphatic rings. The highest BCUT2D eigenvalue weighted by atomic mass is 32.2. The summed E-state index contributed by atoms with van der Waals surface area (Å²) < 4.78 is 12.9. The summed E-state index contributed by atoms with van der Waals surface area (Å²) in [7, 11) is 0. The molecule has 0 saturated carbocycles. The molecular weight excluding hydrogens is 257 g/mol. The van der Waals surface area contributed by atoms with Crippen molar-refractivity contribution in [2.24, 2.45) is 0 Å². The maximum Gasteiger partial charge on any atom is 0.124 e. The van der Waals surface area contributed by atoms with Gasteiger partial charge in [0.15, 0.2) is 0 Å². The molecule has 2 aromatic rings. The SMILES string of the molecule is CC(O)c1csc(CSc2cccc(F)c2)n1. The Morgan fingerprint density at radius 1 is 1.53 bits per heavy atom. The molecule has 0 aliphatic carbocycles. The molecular formula is C12H12FNOS2. The normalized spacial score (nSPS) is 12.6. The van der Waals surface area contributed by atoms with Gasteiger partial charge in [-0.15, -0.1) is 23.1 Å². The van der Waals surface area contributed by atoms with Crippen LogP contribution in [0.2, 0.25) is 0 Å². The fraction of sp³-hybridized carbons (Fsp3) is 0.250. The summed E-state index contributed by atoms with van der Waals surface area (Å²) in [5.41, 5.74) is 0.699. The van der Waals surface area contributed by atoms with Crippen molar-refractivity contribution in [2.75, 3.05) is 0 Å². The van der Waals surface area contributed by atoms with Crippen LogP contribution in [-0.2, 0) is 5.75 Å². The van der Waals surface area contributed by atoms with Crippen LogP contribution in [0.3, 0.4) is 0 Å². The Balaban J connectivity index is 1.97. The van der Waals surface area contributed by atoms with E-state index < -0.39 is 6.10 Å². The Labute approximate surface area is 108 Å². The van der Waals surface area contributed by atoms with Gasteiger partial charge in [0.2, 0.25) is 0 Å². The van der Waals surface area contributed by atoms with Gasteiger partial charge in [-0.2, -0.15) is 0 Å². The molecule has 0 aliphatic heterocycles. The van der Waals surface area contributed by atoms with Crippen LogP contribution in [0.15, 0.2) is 34.5 Å². The Morgan fingerprint density at radius 3 is 3.00 bits per heavy atom. The lowest BCUT2D eigenvalue weighted by atomic mass is 10.3. The minimum Gasteiger partial charge on any atom is -0.387 e. The summed E-state index contributed by atoms with van der Waals surface area (Å²) in [5, 5.41) is 12.1. The fourth-order valence-corrected chi connectivity index (χ4v) is 3.12. The highest BCUT2D eigenvalue weighted by molar-refractivity contribution is 7.98.